The van der Waals surface area contributed by atoms with Crippen molar-refractivity contribution in [1.29, 1.82) is 0 Å². The highest BCUT2D eigenvalue weighted by Crippen LogP contribution is 2.16. The summed E-state index contributed by atoms with van der Waals surface area (Å²) in [5.41, 5.74) is 2.43. The molecule has 5 nitrogen and oxygen atoms in total. The van der Waals surface area contributed by atoms with E-state index in [2.05, 4.69) is 29.1 Å². The van der Waals surface area contributed by atoms with Crippen LogP contribution in [0.5, 0.6) is 5.75 Å². The van der Waals surface area contributed by atoms with E-state index in [1.54, 1.807) is 19.0 Å². The van der Waals surface area contributed by atoms with Crippen molar-refractivity contribution >= 4 is 11.8 Å². The van der Waals surface area contributed by atoms with Crippen molar-refractivity contribution in [2.45, 2.75) is 13.8 Å². The summed E-state index contributed by atoms with van der Waals surface area (Å²) < 4.78 is 19.1. The lowest BCUT2D eigenvalue weighted by molar-refractivity contribution is 0.332. The van der Waals surface area contributed by atoms with Gasteiger partial charge in [0.25, 0.3) is 0 Å². The number of aromatic nitrogens is 2. The molecule has 0 spiro atoms. The van der Waals surface area contributed by atoms with Gasteiger partial charge in [-0.25, -0.2) is 9.37 Å². The summed E-state index contributed by atoms with van der Waals surface area (Å²) in [5, 5.41) is 3.02. The van der Waals surface area contributed by atoms with Gasteiger partial charge in [-0.3, -0.25) is 0 Å². The van der Waals surface area contributed by atoms with Gasteiger partial charge < -0.3 is 15.0 Å². The van der Waals surface area contributed by atoms with Gasteiger partial charge in [0, 0.05) is 14.1 Å². The van der Waals surface area contributed by atoms with Crippen LogP contribution in [-0.4, -0.2) is 37.2 Å². The van der Waals surface area contributed by atoms with E-state index in [4.69, 9.17) is 4.74 Å². The molecule has 0 aliphatic carbocycles. The molecule has 0 saturated carbocycles. The molecule has 1 heterocycles. The Bertz CT molecular complexity index is 646. The largest absolute Gasteiger partial charge is 0.492 e. The van der Waals surface area contributed by atoms with Crippen LogP contribution >= 0.6 is 0 Å². The van der Waals surface area contributed by atoms with Gasteiger partial charge in [0.1, 0.15) is 12.4 Å². The van der Waals surface area contributed by atoms with Crippen LogP contribution in [0.3, 0.4) is 0 Å². The van der Waals surface area contributed by atoms with Crippen LogP contribution in [0.15, 0.2) is 24.4 Å². The standard InChI is InChI=1S/C16H21FN4O/c1-11-5-6-13(9-12(11)2)22-8-7-18-16-19-10-14(17)15(20-16)21(3)4/h5-6,9-10H,7-8H2,1-4H3,(H,18,19,20). The van der Waals surface area contributed by atoms with Crippen LogP contribution in [-0.2, 0) is 0 Å². The maximum atomic E-state index is 13.5. The number of nitrogens with one attached hydrogen (secondary N) is 1. The first kappa shape index (κ1) is 16.0. The van der Waals surface area contributed by atoms with Crippen molar-refractivity contribution in [1.82, 2.24) is 9.97 Å². The van der Waals surface area contributed by atoms with Crippen molar-refractivity contribution < 1.29 is 9.13 Å². The second-order valence-corrected chi connectivity index (χ2v) is 5.28. The number of halogens is 1. The van der Waals surface area contributed by atoms with Gasteiger partial charge in [-0.1, -0.05) is 6.07 Å². The number of rotatable bonds is 6. The quantitative estimate of drug-likeness (QED) is 0.832. The van der Waals surface area contributed by atoms with E-state index < -0.39 is 5.82 Å². The van der Waals surface area contributed by atoms with Gasteiger partial charge in [0.2, 0.25) is 5.95 Å². The first-order valence-electron chi connectivity index (χ1n) is 7.11. The number of anilines is 2. The molecule has 6 heteroatoms. The Morgan fingerprint density at radius 2 is 2.00 bits per heavy atom. The molecule has 0 bridgehead atoms. The zero-order valence-corrected chi connectivity index (χ0v) is 13.4. The zero-order valence-electron chi connectivity index (χ0n) is 13.4. The van der Waals surface area contributed by atoms with E-state index in [9.17, 15) is 4.39 Å². The van der Waals surface area contributed by atoms with E-state index in [1.165, 1.54) is 11.1 Å². The summed E-state index contributed by atoms with van der Waals surface area (Å²) in [6, 6.07) is 5.99. The van der Waals surface area contributed by atoms with Gasteiger partial charge in [0.15, 0.2) is 11.6 Å². The molecule has 0 amide bonds. The molecule has 0 aliphatic rings. The minimum Gasteiger partial charge on any atom is -0.492 e. The maximum Gasteiger partial charge on any atom is 0.224 e. The predicted octanol–water partition coefficient (Wildman–Crippen LogP) is 2.79. The predicted molar refractivity (Wildman–Crippen MR) is 86.2 cm³/mol. The van der Waals surface area contributed by atoms with Crippen molar-refractivity contribution in [2.75, 3.05) is 37.5 Å². The molecule has 2 aromatic rings. The molecule has 0 aliphatic heterocycles. The molecule has 1 aromatic heterocycles. The Balaban J connectivity index is 1.86. The second kappa shape index (κ2) is 7.06. The lowest BCUT2D eigenvalue weighted by Crippen LogP contribution is -2.17. The summed E-state index contributed by atoms with van der Waals surface area (Å²) in [5.74, 6) is 1.03. The van der Waals surface area contributed by atoms with Crippen molar-refractivity contribution in [3.8, 4) is 5.75 Å². The van der Waals surface area contributed by atoms with Gasteiger partial charge in [0.05, 0.1) is 12.7 Å². The monoisotopic (exact) mass is 304 g/mol. The Kier molecular flexibility index (Phi) is 5.14. The summed E-state index contributed by atoms with van der Waals surface area (Å²) in [7, 11) is 3.47. The minimum absolute atomic E-state index is 0.257. The van der Waals surface area contributed by atoms with Crippen molar-refractivity contribution in [3.63, 3.8) is 0 Å². The molecule has 0 atom stereocenters. The third-order valence-electron chi connectivity index (χ3n) is 3.28. The Labute approximate surface area is 130 Å². The minimum atomic E-state index is -0.443. The van der Waals surface area contributed by atoms with Crippen molar-refractivity contribution in [3.05, 3.63) is 41.3 Å². The fourth-order valence-electron chi connectivity index (χ4n) is 1.89. The highest BCUT2D eigenvalue weighted by Gasteiger charge is 2.08. The molecule has 2 rings (SSSR count). The molecule has 1 N–H and O–H groups in total. The molecule has 1 aromatic carbocycles. The van der Waals surface area contributed by atoms with Crippen molar-refractivity contribution in [2.24, 2.45) is 0 Å². The normalized spacial score (nSPS) is 10.4. The fraction of sp³-hybridized carbons (Fsp3) is 0.375. The van der Waals surface area contributed by atoms with Gasteiger partial charge >= 0.3 is 0 Å². The van der Waals surface area contributed by atoms with E-state index in [0.717, 1.165) is 11.9 Å². The Morgan fingerprint density at radius 3 is 2.68 bits per heavy atom. The first-order chi connectivity index (χ1) is 10.5. The number of nitrogens with zero attached hydrogens (tertiary/aromatic N) is 3. The van der Waals surface area contributed by atoms with E-state index in [-0.39, 0.29) is 5.82 Å². The average Bonchev–Trinajstić information content (AvgIpc) is 2.48. The summed E-state index contributed by atoms with van der Waals surface area (Å²) >= 11 is 0. The third-order valence-corrected chi connectivity index (χ3v) is 3.28. The smallest absolute Gasteiger partial charge is 0.224 e. The van der Waals surface area contributed by atoms with Crippen LogP contribution in [0.1, 0.15) is 11.1 Å². The second-order valence-electron chi connectivity index (χ2n) is 5.28. The highest BCUT2D eigenvalue weighted by molar-refractivity contribution is 5.42. The lowest BCUT2D eigenvalue weighted by Gasteiger charge is -2.13. The Morgan fingerprint density at radius 1 is 1.23 bits per heavy atom. The van der Waals surface area contributed by atoms with E-state index in [0.29, 0.717) is 19.1 Å². The van der Waals surface area contributed by atoms with Crippen LogP contribution in [0.2, 0.25) is 0 Å². The van der Waals surface area contributed by atoms with Gasteiger partial charge in [-0.05, 0) is 37.1 Å². The van der Waals surface area contributed by atoms with E-state index in [1.807, 2.05) is 18.2 Å². The SMILES string of the molecule is Cc1ccc(OCCNc2ncc(F)c(N(C)C)n2)cc1C. The number of hydrogen-bond acceptors (Lipinski definition) is 5. The highest BCUT2D eigenvalue weighted by atomic mass is 19.1. The first-order valence-corrected chi connectivity index (χ1v) is 7.11. The number of hydrogen-bond donors (Lipinski definition) is 1. The fourth-order valence-corrected chi connectivity index (χ4v) is 1.89. The van der Waals surface area contributed by atoms with Crippen LogP contribution in [0, 0.1) is 19.7 Å². The maximum absolute atomic E-state index is 13.5. The number of aryl methyl sites for hydroxylation is 2. The Hall–Kier alpha value is -2.37. The van der Waals surface area contributed by atoms with E-state index >= 15 is 0 Å². The number of benzene rings is 1. The number of ether oxygens (including phenoxy) is 1. The van der Waals surface area contributed by atoms with Gasteiger partial charge in [-0.2, -0.15) is 4.98 Å². The molecular weight excluding hydrogens is 283 g/mol. The molecule has 0 fully saturated rings. The van der Waals surface area contributed by atoms with Gasteiger partial charge in [-0.15, -0.1) is 0 Å². The summed E-state index contributed by atoms with van der Waals surface area (Å²) in [6.07, 6.45) is 1.16. The zero-order chi connectivity index (χ0) is 16.1. The van der Waals surface area contributed by atoms with Crippen LogP contribution < -0.4 is 15.0 Å². The average molecular weight is 304 g/mol. The summed E-state index contributed by atoms with van der Waals surface area (Å²) in [4.78, 5) is 9.63. The topological polar surface area (TPSA) is 50.3 Å². The van der Waals surface area contributed by atoms with Crippen LogP contribution in [0.4, 0.5) is 16.2 Å². The summed E-state index contributed by atoms with van der Waals surface area (Å²) in [6.45, 7) is 5.12. The molecule has 118 valence electrons. The molecule has 22 heavy (non-hydrogen) atoms. The molecule has 0 saturated heterocycles. The molecular formula is C16H21FN4O. The molecule has 0 radical (unpaired) electrons. The third kappa shape index (κ3) is 4.07. The lowest BCUT2D eigenvalue weighted by atomic mass is 10.1. The van der Waals surface area contributed by atoms with Crippen LogP contribution in [0.25, 0.3) is 0 Å². The molecule has 0 unspecified atom stereocenters.